The fraction of sp³-hybridized carbons (Fsp3) is 0.429. The molecule has 4 nitrogen and oxygen atoms in total. The predicted molar refractivity (Wildman–Crippen MR) is 73.0 cm³/mol. The van der Waals surface area contributed by atoms with E-state index in [1.165, 1.54) is 10.4 Å². The average Bonchev–Trinajstić information content (AvgIpc) is 2.83. The van der Waals surface area contributed by atoms with Crippen LogP contribution in [0.4, 0.5) is 4.39 Å². The highest BCUT2D eigenvalue weighted by Gasteiger charge is 2.33. The molecule has 0 saturated carbocycles. The van der Waals surface area contributed by atoms with Crippen LogP contribution in [0.15, 0.2) is 23.1 Å². The van der Waals surface area contributed by atoms with E-state index in [9.17, 15) is 12.8 Å². The molecule has 108 valence electrons. The number of hydrogen-bond acceptors (Lipinski definition) is 3. The van der Waals surface area contributed by atoms with Crippen LogP contribution in [-0.4, -0.2) is 37.0 Å². The number of rotatable bonds is 2. The lowest BCUT2D eigenvalue weighted by atomic mass is 10.2. The van der Waals surface area contributed by atoms with Gasteiger partial charge in [-0.2, -0.15) is 4.31 Å². The molecule has 1 fully saturated rings. The highest BCUT2D eigenvalue weighted by atomic mass is 32.2. The van der Waals surface area contributed by atoms with Gasteiger partial charge in [0.15, 0.2) is 0 Å². The molecule has 1 N–H and O–H groups in total. The van der Waals surface area contributed by atoms with Crippen LogP contribution < -0.4 is 0 Å². The monoisotopic (exact) mass is 297 g/mol. The SMILES string of the molecule is CC1CCCN1S(=O)(=O)c1ccc(F)cc1C#CCO. The van der Waals surface area contributed by atoms with Crippen molar-refractivity contribution in [1.29, 1.82) is 0 Å². The Labute approximate surface area is 118 Å². The molecule has 6 heteroatoms. The zero-order chi connectivity index (χ0) is 14.8. The van der Waals surface area contributed by atoms with Gasteiger partial charge >= 0.3 is 0 Å². The first-order chi connectivity index (χ1) is 9.46. The van der Waals surface area contributed by atoms with Crippen LogP contribution in [-0.2, 0) is 10.0 Å². The normalized spacial score (nSPS) is 19.6. The Morgan fingerprint density at radius 3 is 2.85 bits per heavy atom. The van der Waals surface area contributed by atoms with Crippen molar-refractivity contribution in [2.24, 2.45) is 0 Å². The van der Waals surface area contributed by atoms with Crippen molar-refractivity contribution in [3.8, 4) is 11.8 Å². The maximum absolute atomic E-state index is 13.3. The maximum atomic E-state index is 13.3. The van der Waals surface area contributed by atoms with Gasteiger partial charge in [0.25, 0.3) is 0 Å². The molecule has 1 unspecified atom stereocenters. The molecule has 1 heterocycles. The first kappa shape index (κ1) is 15.0. The Morgan fingerprint density at radius 2 is 2.25 bits per heavy atom. The standard InChI is InChI=1S/C14H16FNO3S/c1-11-4-2-8-16(11)20(18,19)14-7-6-13(15)10-12(14)5-3-9-17/h6-7,10-11,17H,2,4,8-9H2,1H3. The van der Waals surface area contributed by atoms with Crippen LogP contribution >= 0.6 is 0 Å². The second-order valence-corrected chi connectivity index (χ2v) is 6.57. The Morgan fingerprint density at radius 1 is 1.50 bits per heavy atom. The van der Waals surface area contributed by atoms with Crippen molar-refractivity contribution in [1.82, 2.24) is 4.31 Å². The van der Waals surface area contributed by atoms with Gasteiger partial charge in [-0.05, 0) is 38.0 Å². The number of sulfonamides is 1. The summed E-state index contributed by atoms with van der Waals surface area (Å²) >= 11 is 0. The van der Waals surface area contributed by atoms with Crippen LogP contribution in [0.3, 0.4) is 0 Å². The smallest absolute Gasteiger partial charge is 0.244 e. The van der Waals surface area contributed by atoms with E-state index in [-0.39, 0.29) is 16.5 Å². The highest BCUT2D eigenvalue weighted by molar-refractivity contribution is 7.89. The van der Waals surface area contributed by atoms with Gasteiger partial charge in [0.05, 0.1) is 4.90 Å². The summed E-state index contributed by atoms with van der Waals surface area (Å²) in [6.07, 6.45) is 1.64. The van der Waals surface area contributed by atoms with Crippen molar-refractivity contribution in [2.45, 2.75) is 30.7 Å². The molecule has 1 aliphatic rings. The minimum atomic E-state index is -3.68. The van der Waals surface area contributed by atoms with Crippen molar-refractivity contribution in [3.05, 3.63) is 29.6 Å². The van der Waals surface area contributed by atoms with E-state index in [2.05, 4.69) is 11.8 Å². The largest absolute Gasteiger partial charge is 0.384 e. The van der Waals surface area contributed by atoms with Gasteiger partial charge in [-0.15, -0.1) is 0 Å². The molecule has 0 spiro atoms. The summed E-state index contributed by atoms with van der Waals surface area (Å²) in [4.78, 5) is -0.00593. The third-order valence-electron chi connectivity index (χ3n) is 3.32. The fourth-order valence-corrected chi connectivity index (χ4v) is 4.18. The molecule has 0 aromatic heterocycles. The van der Waals surface area contributed by atoms with E-state index in [4.69, 9.17) is 5.11 Å². The molecule has 1 aliphatic heterocycles. The minimum Gasteiger partial charge on any atom is -0.384 e. The molecule has 0 amide bonds. The van der Waals surface area contributed by atoms with Crippen LogP contribution in [0.1, 0.15) is 25.3 Å². The molecular weight excluding hydrogens is 281 g/mol. The number of halogens is 1. The number of hydrogen-bond donors (Lipinski definition) is 1. The minimum absolute atomic E-state index is 0.00593. The molecule has 0 bridgehead atoms. The first-order valence-corrected chi connectivity index (χ1v) is 7.82. The molecule has 1 aromatic carbocycles. The van der Waals surface area contributed by atoms with E-state index in [1.54, 1.807) is 0 Å². The molecule has 0 radical (unpaired) electrons. The molecule has 1 aromatic rings. The van der Waals surface area contributed by atoms with Gasteiger partial charge in [-0.3, -0.25) is 0 Å². The van der Waals surface area contributed by atoms with Crippen LogP contribution in [0.2, 0.25) is 0 Å². The van der Waals surface area contributed by atoms with Gasteiger partial charge in [-0.25, -0.2) is 12.8 Å². The van der Waals surface area contributed by atoms with E-state index in [0.29, 0.717) is 6.54 Å². The Kier molecular flexibility index (Phi) is 4.43. The molecule has 0 aliphatic carbocycles. The number of aliphatic hydroxyl groups excluding tert-OH is 1. The number of nitrogens with zero attached hydrogens (tertiary/aromatic N) is 1. The van der Waals surface area contributed by atoms with Crippen molar-refractivity contribution in [2.75, 3.05) is 13.2 Å². The highest BCUT2D eigenvalue weighted by Crippen LogP contribution is 2.27. The van der Waals surface area contributed by atoms with E-state index >= 15 is 0 Å². The van der Waals surface area contributed by atoms with E-state index in [0.717, 1.165) is 25.0 Å². The summed E-state index contributed by atoms with van der Waals surface area (Å²) in [7, 11) is -3.68. The summed E-state index contributed by atoms with van der Waals surface area (Å²) in [6.45, 7) is 1.91. The van der Waals surface area contributed by atoms with Gasteiger partial charge in [0, 0.05) is 18.2 Å². The summed E-state index contributed by atoms with van der Waals surface area (Å²) in [5.74, 6) is 4.31. The lowest BCUT2D eigenvalue weighted by Gasteiger charge is -2.21. The van der Waals surface area contributed by atoms with Crippen LogP contribution in [0.25, 0.3) is 0 Å². The van der Waals surface area contributed by atoms with Gasteiger partial charge in [0.1, 0.15) is 12.4 Å². The quantitative estimate of drug-likeness (QED) is 0.838. The molecule has 20 heavy (non-hydrogen) atoms. The Balaban J connectivity index is 2.51. The summed E-state index contributed by atoms with van der Waals surface area (Å²) in [6, 6.07) is 3.36. The lowest BCUT2D eigenvalue weighted by Crippen LogP contribution is -2.34. The van der Waals surface area contributed by atoms with Crippen LogP contribution in [0, 0.1) is 17.7 Å². The van der Waals surface area contributed by atoms with Crippen molar-refractivity contribution in [3.63, 3.8) is 0 Å². The average molecular weight is 297 g/mol. The third-order valence-corrected chi connectivity index (χ3v) is 5.39. The van der Waals surface area contributed by atoms with Gasteiger partial charge in [0.2, 0.25) is 10.0 Å². The molecule has 1 saturated heterocycles. The zero-order valence-corrected chi connectivity index (χ0v) is 12.0. The Hall–Kier alpha value is -1.42. The number of benzene rings is 1. The molecule has 1 atom stereocenters. The molecular formula is C14H16FNO3S. The van der Waals surface area contributed by atoms with Crippen molar-refractivity contribution < 1.29 is 17.9 Å². The lowest BCUT2D eigenvalue weighted by molar-refractivity contribution is 0.350. The van der Waals surface area contributed by atoms with Crippen molar-refractivity contribution >= 4 is 10.0 Å². The fourth-order valence-electron chi connectivity index (χ4n) is 2.35. The second-order valence-electron chi connectivity index (χ2n) is 4.71. The zero-order valence-electron chi connectivity index (χ0n) is 11.1. The summed E-state index contributed by atoms with van der Waals surface area (Å²) < 4.78 is 39.9. The molecule has 2 rings (SSSR count). The predicted octanol–water partition coefficient (Wildman–Crippen LogP) is 1.34. The van der Waals surface area contributed by atoms with Gasteiger partial charge in [-0.1, -0.05) is 11.8 Å². The summed E-state index contributed by atoms with van der Waals surface area (Å²) in [5, 5.41) is 8.72. The topological polar surface area (TPSA) is 57.6 Å². The maximum Gasteiger partial charge on any atom is 0.244 e. The second kappa shape index (κ2) is 5.92. The van der Waals surface area contributed by atoms with Gasteiger partial charge < -0.3 is 5.11 Å². The van der Waals surface area contributed by atoms with E-state index < -0.39 is 22.4 Å². The Bertz CT molecular complexity index is 661. The van der Waals surface area contributed by atoms with Crippen LogP contribution in [0.5, 0.6) is 0 Å². The van der Waals surface area contributed by atoms with E-state index in [1.807, 2.05) is 6.92 Å². The third kappa shape index (κ3) is 2.85. The first-order valence-electron chi connectivity index (χ1n) is 6.38. The number of aliphatic hydroxyl groups is 1. The summed E-state index contributed by atoms with van der Waals surface area (Å²) in [5.41, 5.74) is 0.0816.